The molecule has 1 unspecified atom stereocenters. The van der Waals surface area contributed by atoms with Crippen molar-refractivity contribution in [2.45, 2.75) is 24.6 Å². The van der Waals surface area contributed by atoms with Gasteiger partial charge in [0.2, 0.25) is 10.0 Å². The molecule has 1 aliphatic rings. The first-order chi connectivity index (χ1) is 8.62. The number of piperidine rings is 1. The van der Waals surface area contributed by atoms with Crippen LogP contribution >= 0.6 is 0 Å². The smallest absolute Gasteiger partial charge is 0.218 e. The molecule has 1 aliphatic heterocycles. The Morgan fingerprint density at radius 3 is 2.72 bits per heavy atom. The number of nitrogens with zero attached hydrogens (tertiary/aromatic N) is 1. The third-order valence-electron chi connectivity index (χ3n) is 3.38. The number of hydrogen-bond donors (Lipinski definition) is 1. The van der Waals surface area contributed by atoms with Crippen LogP contribution in [0.25, 0.3) is 0 Å². The second-order valence-corrected chi connectivity index (χ2v) is 6.70. The highest BCUT2D eigenvalue weighted by Crippen LogP contribution is 2.17. The number of likely N-dealkylation sites (N-methyl/N-ethyl adjacent to an activating group) is 1. The fraction of sp³-hybridized carbons (Fsp3) is 0.538. The molecular weight excluding hydrogens is 248 g/mol. The second-order valence-electron chi connectivity index (χ2n) is 4.73. The number of benzene rings is 1. The maximum absolute atomic E-state index is 12.3. The standard InChI is InChI=1S/C13H20N2O2S/c1-14-13-8-5-9-15(10-13)18(16,17)11-12-6-3-2-4-7-12/h2-4,6-7,13-14H,5,8-11H2,1H3. The highest BCUT2D eigenvalue weighted by molar-refractivity contribution is 7.88. The van der Waals surface area contributed by atoms with Gasteiger partial charge in [-0.2, -0.15) is 0 Å². The van der Waals surface area contributed by atoms with Crippen LogP contribution in [0.1, 0.15) is 18.4 Å². The average Bonchev–Trinajstić information content (AvgIpc) is 2.39. The number of rotatable bonds is 4. The zero-order valence-corrected chi connectivity index (χ0v) is 11.5. The number of hydrogen-bond acceptors (Lipinski definition) is 3. The predicted molar refractivity (Wildman–Crippen MR) is 72.7 cm³/mol. The summed E-state index contributed by atoms with van der Waals surface area (Å²) >= 11 is 0. The Bertz CT molecular complexity index is 473. The summed E-state index contributed by atoms with van der Waals surface area (Å²) in [4.78, 5) is 0. The van der Waals surface area contributed by atoms with Crippen molar-refractivity contribution in [3.05, 3.63) is 35.9 Å². The molecule has 0 spiro atoms. The van der Waals surface area contributed by atoms with E-state index in [1.165, 1.54) is 0 Å². The van der Waals surface area contributed by atoms with Gasteiger partial charge in [-0.25, -0.2) is 12.7 Å². The van der Waals surface area contributed by atoms with E-state index in [1.54, 1.807) is 4.31 Å². The van der Waals surface area contributed by atoms with Crippen LogP contribution in [-0.2, 0) is 15.8 Å². The summed E-state index contributed by atoms with van der Waals surface area (Å²) < 4.78 is 26.2. The predicted octanol–water partition coefficient (Wildman–Crippen LogP) is 1.20. The minimum Gasteiger partial charge on any atom is -0.316 e. The van der Waals surface area contributed by atoms with E-state index in [-0.39, 0.29) is 11.8 Å². The van der Waals surface area contributed by atoms with E-state index in [9.17, 15) is 8.42 Å². The molecular formula is C13H20N2O2S. The van der Waals surface area contributed by atoms with E-state index in [1.807, 2.05) is 37.4 Å². The first-order valence-corrected chi connectivity index (χ1v) is 7.92. The van der Waals surface area contributed by atoms with Crippen molar-refractivity contribution in [3.63, 3.8) is 0 Å². The van der Waals surface area contributed by atoms with Crippen LogP contribution in [0.5, 0.6) is 0 Å². The Balaban J connectivity index is 2.06. The molecule has 0 saturated carbocycles. The third-order valence-corrected chi connectivity index (χ3v) is 5.19. The molecule has 1 N–H and O–H groups in total. The Hall–Kier alpha value is -0.910. The summed E-state index contributed by atoms with van der Waals surface area (Å²) in [5.41, 5.74) is 0.851. The Labute approximate surface area is 109 Å². The first-order valence-electron chi connectivity index (χ1n) is 6.31. The first kappa shape index (κ1) is 13.5. The SMILES string of the molecule is CNC1CCCN(S(=O)(=O)Cc2ccccc2)C1. The lowest BCUT2D eigenvalue weighted by Gasteiger charge is -2.31. The molecule has 1 aromatic carbocycles. The maximum Gasteiger partial charge on any atom is 0.218 e. The van der Waals surface area contributed by atoms with Gasteiger partial charge in [-0.1, -0.05) is 30.3 Å². The van der Waals surface area contributed by atoms with E-state index >= 15 is 0 Å². The normalized spacial score (nSPS) is 21.9. The average molecular weight is 268 g/mol. The van der Waals surface area contributed by atoms with Crippen molar-refractivity contribution >= 4 is 10.0 Å². The van der Waals surface area contributed by atoms with Gasteiger partial charge in [0.1, 0.15) is 0 Å². The summed E-state index contributed by atoms with van der Waals surface area (Å²) in [5.74, 6) is 0.101. The minimum atomic E-state index is -3.19. The second kappa shape index (κ2) is 5.82. The van der Waals surface area contributed by atoms with Crippen LogP contribution in [0, 0.1) is 0 Å². The highest BCUT2D eigenvalue weighted by Gasteiger charge is 2.28. The molecule has 5 heteroatoms. The lowest BCUT2D eigenvalue weighted by Crippen LogP contribution is -2.47. The molecule has 1 atom stereocenters. The van der Waals surface area contributed by atoms with Crippen molar-refractivity contribution in [3.8, 4) is 0 Å². The van der Waals surface area contributed by atoms with Crippen molar-refractivity contribution in [2.24, 2.45) is 0 Å². The van der Waals surface area contributed by atoms with Crippen LogP contribution in [0.3, 0.4) is 0 Å². The summed E-state index contributed by atoms with van der Waals surface area (Å²) in [5, 5.41) is 3.16. The summed E-state index contributed by atoms with van der Waals surface area (Å²) in [7, 11) is -1.30. The Morgan fingerprint density at radius 1 is 1.33 bits per heavy atom. The molecule has 2 rings (SSSR count). The molecule has 0 amide bonds. The Morgan fingerprint density at radius 2 is 2.06 bits per heavy atom. The quantitative estimate of drug-likeness (QED) is 0.892. The van der Waals surface area contributed by atoms with Crippen LogP contribution in [0.15, 0.2) is 30.3 Å². The Kier molecular flexibility index (Phi) is 4.37. The molecule has 1 saturated heterocycles. The third kappa shape index (κ3) is 3.31. The van der Waals surface area contributed by atoms with E-state index in [0.29, 0.717) is 13.1 Å². The largest absolute Gasteiger partial charge is 0.316 e. The van der Waals surface area contributed by atoms with Gasteiger partial charge in [0.25, 0.3) is 0 Å². The van der Waals surface area contributed by atoms with Crippen molar-refractivity contribution in [2.75, 3.05) is 20.1 Å². The van der Waals surface area contributed by atoms with Crippen LogP contribution < -0.4 is 5.32 Å². The summed E-state index contributed by atoms with van der Waals surface area (Å²) in [6.45, 7) is 1.24. The van der Waals surface area contributed by atoms with Gasteiger partial charge in [-0.15, -0.1) is 0 Å². The van der Waals surface area contributed by atoms with Gasteiger partial charge in [-0.05, 0) is 25.5 Å². The fourth-order valence-electron chi connectivity index (χ4n) is 2.31. The number of sulfonamides is 1. The fourth-order valence-corrected chi connectivity index (χ4v) is 3.92. The topological polar surface area (TPSA) is 49.4 Å². The lowest BCUT2D eigenvalue weighted by atomic mass is 10.1. The van der Waals surface area contributed by atoms with Crippen LogP contribution in [0.4, 0.5) is 0 Å². The zero-order chi connectivity index (χ0) is 13.0. The van der Waals surface area contributed by atoms with Gasteiger partial charge in [0.15, 0.2) is 0 Å². The van der Waals surface area contributed by atoms with Crippen molar-refractivity contribution < 1.29 is 8.42 Å². The van der Waals surface area contributed by atoms with E-state index in [4.69, 9.17) is 0 Å². The van der Waals surface area contributed by atoms with Crippen LogP contribution in [-0.4, -0.2) is 38.9 Å². The van der Waals surface area contributed by atoms with E-state index in [0.717, 1.165) is 18.4 Å². The molecule has 100 valence electrons. The monoisotopic (exact) mass is 268 g/mol. The van der Waals surface area contributed by atoms with Gasteiger partial charge in [-0.3, -0.25) is 0 Å². The van der Waals surface area contributed by atoms with E-state index in [2.05, 4.69) is 5.32 Å². The maximum atomic E-state index is 12.3. The van der Waals surface area contributed by atoms with Gasteiger partial charge in [0.05, 0.1) is 5.75 Å². The summed E-state index contributed by atoms with van der Waals surface area (Å²) in [6.07, 6.45) is 1.98. The van der Waals surface area contributed by atoms with Gasteiger partial charge in [0, 0.05) is 19.1 Å². The van der Waals surface area contributed by atoms with E-state index < -0.39 is 10.0 Å². The molecule has 0 aromatic heterocycles. The lowest BCUT2D eigenvalue weighted by molar-refractivity contribution is 0.292. The highest BCUT2D eigenvalue weighted by atomic mass is 32.2. The molecule has 1 aromatic rings. The molecule has 0 bridgehead atoms. The van der Waals surface area contributed by atoms with Gasteiger partial charge < -0.3 is 5.32 Å². The molecule has 4 nitrogen and oxygen atoms in total. The molecule has 0 aliphatic carbocycles. The van der Waals surface area contributed by atoms with Gasteiger partial charge >= 0.3 is 0 Å². The molecule has 1 heterocycles. The van der Waals surface area contributed by atoms with Crippen molar-refractivity contribution in [1.29, 1.82) is 0 Å². The zero-order valence-electron chi connectivity index (χ0n) is 10.7. The number of nitrogens with one attached hydrogen (secondary N) is 1. The molecule has 18 heavy (non-hydrogen) atoms. The van der Waals surface area contributed by atoms with Crippen molar-refractivity contribution in [1.82, 2.24) is 9.62 Å². The molecule has 1 fully saturated rings. The summed E-state index contributed by atoms with van der Waals surface area (Å²) in [6, 6.07) is 9.64. The van der Waals surface area contributed by atoms with Crippen LogP contribution in [0.2, 0.25) is 0 Å². The minimum absolute atomic E-state index is 0.101. The molecule has 0 radical (unpaired) electrons.